The van der Waals surface area contributed by atoms with Gasteiger partial charge in [0.1, 0.15) is 5.54 Å². The van der Waals surface area contributed by atoms with E-state index in [4.69, 9.17) is 0 Å². The molecule has 2 fully saturated rings. The predicted molar refractivity (Wildman–Crippen MR) is 110 cm³/mol. The standard InChI is InChI=1S/C23H31N3O2/c1-24-22(28)26(15-12-19-8-4-2-5-9-19)21(27)23(24)13-16-25(17-14-23)18-20-10-6-3-7-11-20/h2-6,8-9,20H,7,10-18H2,1H3/t20-/m1/s1. The van der Waals surface area contributed by atoms with E-state index in [1.54, 1.807) is 4.90 Å². The molecular formula is C23H31N3O2. The van der Waals surface area contributed by atoms with Crippen molar-refractivity contribution in [2.75, 3.05) is 33.2 Å². The van der Waals surface area contributed by atoms with E-state index < -0.39 is 5.54 Å². The molecule has 1 atom stereocenters. The highest BCUT2D eigenvalue weighted by atomic mass is 16.2. The average Bonchev–Trinajstić information content (AvgIpc) is 2.91. The molecule has 0 unspecified atom stereocenters. The highest BCUT2D eigenvalue weighted by Crippen LogP contribution is 2.36. The first-order valence-electron chi connectivity index (χ1n) is 10.6. The Morgan fingerprint density at radius 1 is 1.07 bits per heavy atom. The van der Waals surface area contributed by atoms with Crippen molar-refractivity contribution in [3.8, 4) is 0 Å². The van der Waals surface area contributed by atoms with Gasteiger partial charge in [0.2, 0.25) is 0 Å². The first-order chi connectivity index (χ1) is 13.6. The van der Waals surface area contributed by atoms with Crippen molar-refractivity contribution in [2.45, 2.75) is 44.1 Å². The fraction of sp³-hybridized carbons (Fsp3) is 0.565. The third-order valence-corrected chi connectivity index (χ3v) is 6.85. The Morgan fingerprint density at radius 3 is 2.50 bits per heavy atom. The maximum absolute atomic E-state index is 13.3. The minimum Gasteiger partial charge on any atom is -0.312 e. The summed E-state index contributed by atoms with van der Waals surface area (Å²) in [5, 5.41) is 0. The Hall–Kier alpha value is -2.14. The van der Waals surface area contributed by atoms with Crippen molar-refractivity contribution in [1.29, 1.82) is 0 Å². The molecule has 0 saturated carbocycles. The van der Waals surface area contributed by atoms with Gasteiger partial charge in [0.05, 0.1) is 0 Å². The molecule has 5 heteroatoms. The summed E-state index contributed by atoms with van der Waals surface area (Å²) in [5.41, 5.74) is 0.527. The van der Waals surface area contributed by atoms with Crippen molar-refractivity contribution < 1.29 is 9.59 Å². The fourth-order valence-corrected chi connectivity index (χ4v) is 4.97. The Bertz CT molecular complexity index is 737. The summed E-state index contributed by atoms with van der Waals surface area (Å²) in [4.78, 5) is 31.8. The molecule has 28 heavy (non-hydrogen) atoms. The van der Waals surface area contributed by atoms with Crippen LogP contribution in [0.1, 0.15) is 37.7 Å². The predicted octanol–water partition coefficient (Wildman–Crippen LogP) is 3.31. The van der Waals surface area contributed by atoms with E-state index in [2.05, 4.69) is 17.1 Å². The second kappa shape index (κ2) is 8.08. The molecule has 2 aliphatic heterocycles. The lowest BCUT2D eigenvalue weighted by Crippen LogP contribution is -2.55. The summed E-state index contributed by atoms with van der Waals surface area (Å²) in [7, 11) is 1.81. The molecule has 0 bridgehead atoms. The first kappa shape index (κ1) is 19.2. The number of likely N-dealkylation sites (N-methyl/N-ethyl adjacent to an activating group) is 1. The molecular weight excluding hydrogens is 350 g/mol. The first-order valence-corrected chi connectivity index (χ1v) is 10.6. The molecule has 3 amide bonds. The number of allylic oxidation sites excluding steroid dienone is 2. The summed E-state index contributed by atoms with van der Waals surface area (Å²) in [6.45, 7) is 3.38. The molecule has 1 aromatic carbocycles. The maximum Gasteiger partial charge on any atom is 0.327 e. The number of hydrogen-bond donors (Lipinski definition) is 0. The molecule has 1 spiro atoms. The molecule has 0 aromatic heterocycles. The molecule has 5 nitrogen and oxygen atoms in total. The number of likely N-dealkylation sites (tertiary alicyclic amines) is 1. The zero-order valence-electron chi connectivity index (χ0n) is 16.8. The third kappa shape index (κ3) is 3.60. The van der Waals surface area contributed by atoms with E-state index >= 15 is 0 Å². The highest BCUT2D eigenvalue weighted by molar-refractivity contribution is 6.07. The van der Waals surface area contributed by atoms with Crippen molar-refractivity contribution in [2.24, 2.45) is 5.92 Å². The van der Waals surface area contributed by atoms with Gasteiger partial charge in [0.15, 0.2) is 0 Å². The van der Waals surface area contributed by atoms with Crippen LogP contribution in [0.3, 0.4) is 0 Å². The number of amides is 3. The molecule has 1 aliphatic carbocycles. The fourth-order valence-electron chi connectivity index (χ4n) is 4.97. The number of rotatable bonds is 5. The summed E-state index contributed by atoms with van der Waals surface area (Å²) in [6, 6.07) is 9.93. The normalized spacial score (nSPS) is 25.1. The third-order valence-electron chi connectivity index (χ3n) is 6.85. The van der Waals surface area contributed by atoms with Crippen LogP contribution < -0.4 is 0 Å². The summed E-state index contributed by atoms with van der Waals surface area (Å²) in [6.07, 6.45) is 10.4. The molecule has 3 aliphatic rings. The largest absolute Gasteiger partial charge is 0.327 e. The Labute approximate surface area is 168 Å². The topological polar surface area (TPSA) is 43.9 Å². The summed E-state index contributed by atoms with van der Waals surface area (Å²) < 4.78 is 0. The number of nitrogens with zero attached hydrogens (tertiary/aromatic N) is 3. The average molecular weight is 382 g/mol. The number of hydrogen-bond acceptors (Lipinski definition) is 3. The van der Waals surface area contributed by atoms with Gasteiger partial charge in [-0.05, 0) is 50.0 Å². The molecule has 0 radical (unpaired) electrons. The van der Waals surface area contributed by atoms with E-state index in [-0.39, 0.29) is 11.9 Å². The van der Waals surface area contributed by atoms with Gasteiger partial charge in [-0.15, -0.1) is 0 Å². The molecule has 2 saturated heterocycles. The minimum absolute atomic E-state index is 0.0104. The van der Waals surface area contributed by atoms with Crippen LogP contribution >= 0.6 is 0 Å². The van der Waals surface area contributed by atoms with E-state index in [1.807, 2.05) is 37.4 Å². The SMILES string of the molecule is CN1C(=O)N(CCc2ccccc2)C(=O)C12CCN(C[C@@H]1CC=CCC1)CC2. The molecule has 150 valence electrons. The monoisotopic (exact) mass is 381 g/mol. The van der Waals surface area contributed by atoms with Crippen LogP contribution in [0.25, 0.3) is 0 Å². The van der Waals surface area contributed by atoms with Gasteiger partial charge >= 0.3 is 6.03 Å². The lowest BCUT2D eigenvalue weighted by Gasteiger charge is -2.41. The van der Waals surface area contributed by atoms with Gasteiger partial charge in [-0.3, -0.25) is 9.69 Å². The van der Waals surface area contributed by atoms with Crippen LogP contribution in [-0.4, -0.2) is 65.4 Å². The van der Waals surface area contributed by atoms with Crippen molar-refractivity contribution >= 4 is 11.9 Å². The quantitative estimate of drug-likeness (QED) is 0.581. The van der Waals surface area contributed by atoms with Crippen LogP contribution in [0, 0.1) is 5.92 Å². The van der Waals surface area contributed by atoms with Crippen molar-refractivity contribution in [3.63, 3.8) is 0 Å². The van der Waals surface area contributed by atoms with Crippen LogP contribution in [0.5, 0.6) is 0 Å². The molecule has 2 heterocycles. The van der Waals surface area contributed by atoms with E-state index in [0.29, 0.717) is 13.0 Å². The molecule has 4 rings (SSSR count). The summed E-state index contributed by atoms with van der Waals surface area (Å²) in [5.74, 6) is 0.747. The van der Waals surface area contributed by atoms with E-state index in [1.165, 1.54) is 24.2 Å². The highest BCUT2D eigenvalue weighted by Gasteiger charge is 2.56. The zero-order valence-corrected chi connectivity index (χ0v) is 16.8. The number of imide groups is 1. The van der Waals surface area contributed by atoms with Gasteiger partial charge < -0.3 is 9.80 Å². The van der Waals surface area contributed by atoms with Gasteiger partial charge in [-0.1, -0.05) is 42.5 Å². The van der Waals surface area contributed by atoms with Gasteiger partial charge in [0, 0.05) is 33.2 Å². The smallest absolute Gasteiger partial charge is 0.312 e. The number of urea groups is 1. The van der Waals surface area contributed by atoms with Gasteiger partial charge in [-0.2, -0.15) is 0 Å². The lowest BCUT2D eigenvalue weighted by atomic mass is 9.85. The van der Waals surface area contributed by atoms with Crippen molar-refractivity contribution in [3.05, 3.63) is 48.0 Å². The van der Waals surface area contributed by atoms with Crippen LogP contribution in [-0.2, 0) is 11.2 Å². The van der Waals surface area contributed by atoms with Crippen LogP contribution in [0.15, 0.2) is 42.5 Å². The minimum atomic E-state index is -0.628. The number of piperidine rings is 1. The maximum atomic E-state index is 13.3. The Morgan fingerprint density at radius 2 is 1.82 bits per heavy atom. The van der Waals surface area contributed by atoms with Crippen LogP contribution in [0.2, 0.25) is 0 Å². The van der Waals surface area contributed by atoms with Crippen LogP contribution in [0.4, 0.5) is 4.79 Å². The lowest BCUT2D eigenvalue weighted by molar-refractivity contribution is -0.135. The molecule has 0 N–H and O–H groups in total. The van der Waals surface area contributed by atoms with Gasteiger partial charge in [-0.25, -0.2) is 4.79 Å². The number of benzene rings is 1. The zero-order chi connectivity index (χ0) is 19.6. The second-order valence-corrected chi connectivity index (χ2v) is 8.52. The molecule has 1 aromatic rings. The number of carbonyl (C=O) groups is 2. The van der Waals surface area contributed by atoms with E-state index in [0.717, 1.165) is 44.0 Å². The van der Waals surface area contributed by atoms with E-state index in [9.17, 15) is 9.59 Å². The number of carbonyl (C=O) groups excluding carboxylic acids is 2. The summed E-state index contributed by atoms with van der Waals surface area (Å²) >= 11 is 0. The Kier molecular flexibility index (Phi) is 5.54. The Balaban J connectivity index is 1.37. The second-order valence-electron chi connectivity index (χ2n) is 8.52. The van der Waals surface area contributed by atoms with Crippen molar-refractivity contribution in [1.82, 2.24) is 14.7 Å². The van der Waals surface area contributed by atoms with Gasteiger partial charge in [0.25, 0.3) is 5.91 Å².